The molecule has 1 saturated carbocycles. The van der Waals surface area contributed by atoms with E-state index < -0.39 is 15.7 Å². The molecule has 0 aromatic heterocycles. The summed E-state index contributed by atoms with van der Waals surface area (Å²) >= 11 is 0. The Kier molecular flexibility index (Phi) is 6.39. The number of rotatable bonds is 7. The maximum Gasteiger partial charge on any atom is 0.265 e. The van der Waals surface area contributed by atoms with Crippen molar-refractivity contribution < 1.29 is 17.4 Å². The second-order valence-corrected chi connectivity index (χ2v) is 11.3. The lowest BCUT2D eigenvalue weighted by molar-refractivity contribution is -0.0742. The molecule has 0 radical (unpaired) electrons. The zero-order chi connectivity index (χ0) is 21.3. The molecule has 0 saturated heterocycles. The Bertz CT molecular complexity index is 861. The first kappa shape index (κ1) is 22.2. The van der Waals surface area contributed by atoms with Crippen molar-refractivity contribution in [3.8, 4) is 0 Å². The zero-order valence-corrected chi connectivity index (χ0v) is 20.5. The van der Waals surface area contributed by atoms with Gasteiger partial charge in [0.2, 0.25) is 0 Å². The number of benzene rings is 2. The quantitative estimate of drug-likeness (QED) is 0.534. The summed E-state index contributed by atoms with van der Waals surface area (Å²) in [7, 11) is -3.37. The Morgan fingerprint density at radius 3 is 1.79 bits per heavy atom. The van der Waals surface area contributed by atoms with Crippen molar-refractivity contribution in [1.82, 2.24) is 0 Å². The third-order valence-electron chi connectivity index (χ3n) is 6.29. The minimum atomic E-state index is -3.94. The van der Waals surface area contributed by atoms with E-state index in [1.165, 1.54) is 0 Å². The average Bonchev–Trinajstić information content (AvgIpc) is 2.63. The maximum absolute atomic E-state index is 11.3. The second kappa shape index (κ2) is 8.34. The molecule has 1 atom stereocenters. The topological polar surface area (TPSA) is 63.6 Å². The summed E-state index contributed by atoms with van der Waals surface area (Å²) in [6.45, 7) is 6.74. The van der Waals surface area contributed by atoms with Crippen LogP contribution in [0, 0.1) is 23.2 Å². The fourth-order valence-electron chi connectivity index (χ4n) is 5.40. The first-order valence-electron chi connectivity index (χ1n) is 10.2. The molecular formula is C23H32O4SSi. The fraction of sp³-hybridized carbons (Fsp3) is 0.478. The summed E-state index contributed by atoms with van der Waals surface area (Å²) in [5, 5.41) is 0. The smallest absolute Gasteiger partial charge is 0.265 e. The molecule has 1 unspecified atom stereocenters. The van der Waals surface area contributed by atoms with E-state index in [-0.39, 0.29) is 23.0 Å². The van der Waals surface area contributed by atoms with E-state index in [9.17, 15) is 13.0 Å². The van der Waals surface area contributed by atoms with Gasteiger partial charge in [0.05, 0.1) is 5.75 Å². The largest absolute Gasteiger partial charge is 0.414 e. The number of hydrogen-bond acceptors (Lipinski definition) is 3. The van der Waals surface area contributed by atoms with Crippen LogP contribution >= 0.6 is 0 Å². The van der Waals surface area contributed by atoms with E-state index in [1.807, 2.05) is 12.1 Å². The molecular weight excluding hydrogens is 400 g/mol. The van der Waals surface area contributed by atoms with Crippen molar-refractivity contribution in [3.63, 3.8) is 0 Å². The van der Waals surface area contributed by atoms with E-state index in [2.05, 4.69) is 69.3 Å². The minimum absolute atomic E-state index is 0.0122. The lowest BCUT2D eigenvalue weighted by Gasteiger charge is -2.55. The monoisotopic (exact) mass is 432 g/mol. The molecule has 0 heterocycles. The van der Waals surface area contributed by atoms with Crippen molar-refractivity contribution in [2.75, 3.05) is 5.75 Å². The average molecular weight is 433 g/mol. The van der Waals surface area contributed by atoms with Crippen LogP contribution in [0.2, 0.25) is 0 Å². The van der Waals surface area contributed by atoms with Gasteiger partial charge in [0, 0.05) is 5.92 Å². The summed E-state index contributed by atoms with van der Waals surface area (Å²) in [5.41, 5.74) is 1.63. The van der Waals surface area contributed by atoms with Crippen LogP contribution in [-0.2, 0) is 20.1 Å². The highest BCUT2D eigenvalue weighted by Crippen LogP contribution is 2.56. The molecule has 0 amide bonds. The molecule has 2 aromatic rings. The van der Waals surface area contributed by atoms with Gasteiger partial charge >= 0.3 is 0 Å². The van der Waals surface area contributed by atoms with Crippen LogP contribution in [0.5, 0.6) is 0 Å². The lowest BCUT2D eigenvalue weighted by atomic mass is 9.54. The first-order chi connectivity index (χ1) is 13.6. The molecule has 1 N–H and O–H groups in total. The predicted molar refractivity (Wildman–Crippen MR) is 120 cm³/mol. The Hall–Kier alpha value is -1.47. The molecule has 0 aliphatic heterocycles. The van der Waals surface area contributed by atoms with Crippen LogP contribution in [0.15, 0.2) is 60.7 Å². The maximum atomic E-state index is 11.3. The SMILES string of the molecule is CC(C)(C)C(C1CC(CS(=O)(=O)O)C1)C(O[SiH3])(c1ccccc1)c1ccccc1. The van der Waals surface area contributed by atoms with Crippen molar-refractivity contribution in [2.24, 2.45) is 23.2 Å². The van der Waals surface area contributed by atoms with Gasteiger partial charge in [-0.05, 0) is 41.2 Å². The lowest BCUT2D eigenvalue weighted by Crippen LogP contribution is -2.52. The molecule has 1 aliphatic rings. The van der Waals surface area contributed by atoms with Crippen molar-refractivity contribution >= 4 is 20.6 Å². The second-order valence-electron chi connectivity index (χ2n) is 9.36. The minimum Gasteiger partial charge on any atom is -0.414 e. The van der Waals surface area contributed by atoms with Gasteiger partial charge < -0.3 is 4.43 Å². The molecule has 3 rings (SSSR count). The van der Waals surface area contributed by atoms with E-state index in [0.29, 0.717) is 16.4 Å². The van der Waals surface area contributed by atoms with Crippen molar-refractivity contribution in [1.29, 1.82) is 0 Å². The molecule has 1 aliphatic carbocycles. The highest BCUT2D eigenvalue weighted by molar-refractivity contribution is 7.85. The third kappa shape index (κ3) is 4.66. The standard InChI is InChI=1S/C23H32O4SSi/c1-22(2,3)21(18-14-17(15-18)16-28(24,25)26)23(27-29,19-10-6-4-7-11-19)20-12-8-5-9-13-20/h4-13,17-18,21H,14-16H2,1-3,29H3,(H,24,25,26). The zero-order valence-electron chi connectivity index (χ0n) is 17.7. The Balaban J connectivity index is 2.09. The highest BCUT2D eigenvalue weighted by Gasteiger charge is 2.53. The van der Waals surface area contributed by atoms with Crippen LogP contribution in [0.3, 0.4) is 0 Å². The normalized spacial score (nSPS) is 21.5. The Labute approximate surface area is 178 Å². The molecule has 29 heavy (non-hydrogen) atoms. The molecule has 4 nitrogen and oxygen atoms in total. The Morgan fingerprint density at radius 1 is 1.00 bits per heavy atom. The molecule has 1 fully saturated rings. The summed E-state index contributed by atoms with van der Waals surface area (Å²) < 4.78 is 38.5. The van der Waals surface area contributed by atoms with E-state index >= 15 is 0 Å². The number of hydrogen-bond donors (Lipinski definition) is 1. The van der Waals surface area contributed by atoms with Gasteiger partial charge in [0.1, 0.15) is 16.1 Å². The third-order valence-corrected chi connectivity index (χ3v) is 7.82. The van der Waals surface area contributed by atoms with Crippen LogP contribution in [-0.4, -0.2) is 29.2 Å². The fourth-order valence-corrected chi connectivity index (χ4v) is 7.00. The van der Waals surface area contributed by atoms with E-state index in [0.717, 1.165) is 24.0 Å². The summed E-state index contributed by atoms with van der Waals surface area (Å²) in [6.07, 6.45) is 1.57. The summed E-state index contributed by atoms with van der Waals surface area (Å²) in [4.78, 5) is 0. The summed E-state index contributed by atoms with van der Waals surface area (Å²) in [5.74, 6) is 0.343. The van der Waals surface area contributed by atoms with Crippen molar-refractivity contribution in [2.45, 2.75) is 39.2 Å². The van der Waals surface area contributed by atoms with Gasteiger partial charge in [-0.2, -0.15) is 8.42 Å². The van der Waals surface area contributed by atoms with E-state index in [1.54, 1.807) is 0 Å². The van der Waals surface area contributed by atoms with Crippen molar-refractivity contribution in [3.05, 3.63) is 71.8 Å². The van der Waals surface area contributed by atoms with Gasteiger partial charge in [0.15, 0.2) is 0 Å². The molecule has 2 aromatic carbocycles. The van der Waals surface area contributed by atoms with Gasteiger partial charge in [-0.25, -0.2) is 0 Å². The summed E-state index contributed by atoms with van der Waals surface area (Å²) in [6, 6.07) is 20.8. The van der Waals surface area contributed by atoms with E-state index in [4.69, 9.17) is 4.43 Å². The molecule has 0 bridgehead atoms. The molecule has 6 heteroatoms. The van der Waals surface area contributed by atoms with Crippen LogP contribution in [0.4, 0.5) is 0 Å². The molecule has 158 valence electrons. The highest BCUT2D eigenvalue weighted by atomic mass is 32.2. The molecule has 0 spiro atoms. The predicted octanol–water partition coefficient (Wildman–Crippen LogP) is 3.80. The van der Waals surface area contributed by atoms with Gasteiger partial charge in [-0.3, -0.25) is 4.55 Å². The van der Waals surface area contributed by atoms with Gasteiger partial charge in [-0.1, -0.05) is 81.4 Å². The first-order valence-corrected chi connectivity index (χ1v) is 12.6. The van der Waals surface area contributed by atoms with Crippen LogP contribution < -0.4 is 0 Å². The van der Waals surface area contributed by atoms with Gasteiger partial charge in [0.25, 0.3) is 10.1 Å². The van der Waals surface area contributed by atoms with Gasteiger partial charge in [-0.15, -0.1) is 0 Å². The Morgan fingerprint density at radius 2 is 1.45 bits per heavy atom. The van der Waals surface area contributed by atoms with Crippen LogP contribution in [0.1, 0.15) is 44.7 Å². The van der Waals surface area contributed by atoms with Crippen LogP contribution in [0.25, 0.3) is 0 Å².